The van der Waals surface area contributed by atoms with Crippen molar-refractivity contribution in [1.29, 1.82) is 0 Å². The number of nitrogens with two attached hydrogens (primary N) is 1. The summed E-state index contributed by atoms with van der Waals surface area (Å²) in [6.07, 6.45) is 3.38. The van der Waals surface area contributed by atoms with Gasteiger partial charge in [0, 0.05) is 6.20 Å². The lowest BCUT2D eigenvalue weighted by atomic mass is 10.4. The third-order valence-electron chi connectivity index (χ3n) is 1.75. The van der Waals surface area contributed by atoms with E-state index in [4.69, 9.17) is 5.73 Å². The standard InChI is InChI=1S/C10H7Br2N3S/c11-7-2-1-3-14-9(7)16-10-8(12)4-6(13)5-15-10/h1-5H,13H2. The van der Waals surface area contributed by atoms with Gasteiger partial charge in [-0.05, 0) is 61.8 Å². The van der Waals surface area contributed by atoms with E-state index in [1.165, 1.54) is 11.8 Å². The zero-order valence-corrected chi connectivity index (χ0v) is 12.0. The predicted octanol–water partition coefficient (Wildman–Crippen LogP) is 3.74. The van der Waals surface area contributed by atoms with E-state index in [9.17, 15) is 0 Å². The van der Waals surface area contributed by atoms with E-state index in [0.29, 0.717) is 5.69 Å². The average molecular weight is 361 g/mol. The maximum absolute atomic E-state index is 5.62. The quantitative estimate of drug-likeness (QED) is 0.886. The van der Waals surface area contributed by atoms with Crippen LogP contribution in [-0.2, 0) is 0 Å². The van der Waals surface area contributed by atoms with Crippen molar-refractivity contribution in [3.8, 4) is 0 Å². The Balaban J connectivity index is 2.31. The number of hydrogen-bond acceptors (Lipinski definition) is 4. The van der Waals surface area contributed by atoms with Crippen LogP contribution in [0, 0.1) is 0 Å². The van der Waals surface area contributed by atoms with Crippen molar-refractivity contribution in [3.63, 3.8) is 0 Å². The van der Waals surface area contributed by atoms with Crippen LogP contribution in [0.1, 0.15) is 0 Å². The molecule has 0 unspecified atom stereocenters. The first-order valence-corrected chi connectivity index (χ1v) is 6.76. The van der Waals surface area contributed by atoms with Gasteiger partial charge in [0.05, 0.1) is 20.8 Å². The predicted molar refractivity (Wildman–Crippen MR) is 72.4 cm³/mol. The molecule has 0 fully saturated rings. The van der Waals surface area contributed by atoms with Crippen LogP contribution >= 0.6 is 43.6 Å². The zero-order chi connectivity index (χ0) is 11.5. The summed E-state index contributed by atoms with van der Waals surface area (Å²) in [4.78, 5) is 8.51. The van der Waals surface area contributed by atoms with Gasteiger partial charge in [0.25, 0.3) is 0 Å². The molecule has 0 saturated carbocycles. The third kappa shape index (κ3) is 2.75. The van der Waals surface area contributed by atoms with Gasteiger partial charge in [0.1, 0.15) is 10.1 Å². The van der Waals surface area contributed by atoms with Gasteiger partial charge < -0.3 is 5.73 Å². The normalized spacial score (nSPS) is 10.4. The molecule has 0 amide bonds. The number of nitrogen functional groups attached to an aromatic ring is 1. The molecule has 0 atom stereocenters. The molecule has 16 heavy (non-hydrogen) atoms. The van der Waals surface area contributed by atoms with Gasteiger partial charge in [-0.15, -0.1) is 0 Å². The van der Waals surface area contributed by atoms with Crippen LogP contribution in [0.25, 0.3) is 0 Å². The molecule has 2 rings (SSSR count). The van der Waals surface area contributed by atoms with Crippen LogP contribution in [-0.4, -0.2) is 9.97 Å². The topological polar surface area (TPSA) is 51.8 Å². The molecule has 0 aliphatic carbocycles. The zero-order valence-electron chi connectivity index (χ0n) is 8.02. The number of hydrogen-bond donors (Lipinski definition) is 1. The molecule has 0 bridgehead atoms. The van der Waals surface area contributed by atoms with E-state index in [1.807, 2.05) is 18.2 Å². The van der Waals surface area contributed by atoms with E-state index in [1.54, 1.807) is 12.4 Å². The second-order valence-electron chi connectivity index (χ2n) is 2.95. The first-order valence-electron chi connectivity index (χ1n) is 4.36. The molecular formula is C10H7Br2N3S. The lowest BCUT2D eigenvalue weighted by Crippen LogP contribution is -1.89. The smallest absolute Gasteiger partial charge is 0.117 e. The Morgan fingerprint density at radius 2 is 1.88 bits per heavy atom. The van der Waals surface area contributed by atoms with Crippen LogP contribution in [0.15, 0.2) is 49.6 Å². The van der Waals surface area contributed by atoms with Crippen LogP contribution in [0.2, 0.25) is 0 Å². The molecule has 2 N–H and O–H groups in total. The molecule has 82 valence electrons. The molecule has 0 spiro atoms. The highest BCUT2D eigenvalue weighted by Gasteiger charge is 2.07. The fraction of sp³-hybridized carbons (Fsp3) is 0. The summed E-state index contributed by atoms with van der Waals surface area (Å²) in [5.41, 5.74) is 6.26. The maximum atomic E-state index is 5.62. The van der Waals surface area contributed by atoms with E-state index >= 15 is 0 Å². The van der Waals surface area contributed by atoms with Crippen molar-refractivity contribution in [3.05, 3.63) is 39.5 Å². The lowest BCUT2D eigenvalue weighted by Gasteiger charge is -2.04. The van der Waals surface area contributed by atoms with Crippen LogP contribution in [0.3, 0.4) is 0 Å². The van der Waals surface area contributed by atoms with E-state index < -0.39 is 0 Å². The third-order valence-corrected chi connectivity index (χ3v) is 4.55. The highest BCUT2D eigenvalue weighted by atomic mass is 79.9. The van der Waals surface area contributed by atoms with Crippen LogP contribution < -0.4 is 5.73 Å². The van der Waals surface area contributed by atoms with E-state index in [0.717, 1.165) is 19.0 Å². The molecular weight excluding hydrogens is 354 g/mol. The Bertz CT molecular complexity index is 519. The molecule has 2 heterocycles. The molecule has 0 radical (unpaired) electrons. The fourth-order valence-corrected chi connectivity index (χ4v) is 2.88. The van der Waals surface area contributed by atoms with Crippen molar-refractivity contribution in [2.24, 2.45) is 0 Å². The number of aromatic nitrogens is 2. The first kappa shape index (κ1) is 11.9. The Morgan fingerprint density at radius 3 is 2.56 bits per heavy atom. The summed E-state index contributed by atoms with van der Waals surface area (Å²) < 4.78 is 1.82. The second kappa shape index (κ2) is 5.16. The van der Waals surface area contributed by atoms with Crippen molar-refractivity contribution < 1.29 is 0 Å². The number of halogens is 2. The minimum absolute atomic E-state index is 0.635. The number of anilines is 1. The summed E-state index contributed by atoms with van der Waals surface area (Å²) in [7, 11) is 0. The fourth-order valence-electron chi connectivity index (χ4n) is 1.05. The molecule has 3 nitrogen and oxygen atoms in total. The van der Waals surface area contributed by atoms with Crippen molar-refractivity contribution in [2.45, 2.75) is 10.1 Å². The van der Waals surface area contributed by atoms with Crippen LogP contribution in [0.5, 0.6) is 0 Å². The summed E-state index contributed by atoms with van der Waals surface area (Å²) in [6.45, 7) is 0. The summed E-state index contributed by atoms with van der Waals surface area (Å²) in [5.74, 6) is 0. The maximum Gasteiger partial charge on any atom is 0.117 e. The number of rotatable bonds is 2. The van der Waals surface area contributed by atoms with Gasteiger partial charge in [0.15, 0.2) is 0 Å². The monoisotopic (exact) mass is 359 g/mol. The van der Waals surface area contributed by atoms with Gasteiger partial charge in [0.2, 0.25) is 0 Å². The molecule has 0 aliphatic heterocycles. The van der Waals surface area contributed by atoms with E-state index in [-0.39, 0.29) is 0 Å². The Labute approximate surface area is 114 Å². The van der Waals surface area contributed by atoms with Gasteiger partial charge >= 0.3 is 0 Å². The van der Waals surface area contributed by atoms with Crippen molar-refractivity contribution >= 4 is 49.3 Å². The van der Waals surface area contributed by atoms with Gasteiger partial charge in [-0.25, -0.2) is 9.97 Å². The molecule has 0 aromatic carbocycles. The Hall–Kier alpha value is -0.590. The Morgan fingerprint density at radius 1 is 1.12 bits per heavy atom. The highest BCUT2D eigenvalue weighted by molar-refractivity contribution is 9.11. The molecule has 0 saturated heterocycles. The van der Waals surface area contributed by atoms with Gasteiger partial charge in [-0.3, -0.25) is 0 Å². The summed E-state index contributed by atoms with van der Waals surface area (Å²) in [6, 6.07) is 5.65. The lowest BCUT2D eigenvalue weighted by molar-refractivity contribution is 1.07. The van der Waals surface area contributed by atoms with Crippen molar-refractivity contribution in [1.82, 2.24) is 9.97 Å². The Kier molecular flexibility index (Phi) is 3.83. The first-order chi connectivity index (χ1) is 7.66. The average Bonchev–Trinajstić information content (AvgIpc) is 2.25. The van der Waals surface area contributed by atoms with Crippen molar-refractivity contribution in [2.75, 3.05) is 5.73 Å². The number of nitrogens with zero attached hydrogens (tertiary/aromatic N) is 2. The summed E-state index contributed by atoms with van der Waals surface area (Å²) in [5, 5.41) is 1.72. The largest absolute Gasteiger partial charge is 0.397 e. The van der Waals surface area contributed by atoms with E-state index in [2.05, 4.69) is 41.8 Å². The second-order valence-corrected chi connectivity index (χ2v) is 5.63. The van der Waals surface area contributed by atoms with Crippen LogP contribution in [0.4, 0.5) is 5.69 Å². The minimum atomic E-state index is 0.635. The molecule has 0 aliphatic rings. The molecule has 2 aromatic heterocycles. The number of pyridine rings is 2. The minimum Gasteiger partial charge on any atom is -0.397 e. The highest BCUT2D eigenvalue weighted by Crippen LogP contribution is 2.34. The SMILES string of the molecule is Nc1cnc(Sc2ncccc2Br)c(Br)c1. The summed E-state index contributed by atoms with van der Waals surface area (Å²) >= 11 is 8.34. The van der Waals surface area contributed by atoms with Gasteiger partial charge in [-0.1, -0.05) is 0 Å². The molecule has 2 aromatic rings. The van der Waals surface area contributed by atoms with Gasteiger partial charge in [-0.2, -0.15) is 0 Å². The molecule has 6 heteroatoms.